The number of carbonyl (C=O) groups is 2. The van der Waals surface area contributed by atoms with Gasteiger partial charge in [-0.3, -0.25) is 4.79 Å². The molecular formula is C29H26F6N2O5. The Balaban J connectivity index is 1.86. The second kappa shape index (κ2) is 12.2. The van der Waals surface area contributed by atoms with Crippen molar-refractivity contribution in [2.75, 3.05) is 0 Å². The Hall–Kier alpha value is -4.42. The van der Waals surface area contributed by atoms with Crippen molar-refractivity contribution in [1.82, 2.24) is 10.6 Å². The third-order valence-corrected chi connectivity index (χ3v) is 6.91. The van der Waals surface area contributed by atoms with Gasteiger partial charge in [-0.15, -0.1) is 26.3 Å². The summed E-state index contributed by atoms with van der Waals surface area (Å²) in [7, 11) is 0. The number of hydrogen-bond acceptors (Lipinski definition) is 4. The molecule has 1 fully saturated rings. The van der Waals surface area contributed by atoms with E-state index >= 15 is 0 Å². The molecule has 0 bridgehead atoms. The number of carbonyl (C=O) groups excluding carboxylic acids is 1. The van der Waals surface area contributed by atoms with Crippen molar-refractivity contribution in [3.05, 3.63) is 95.6 Å². The maximum absolute atomic E-state index is 13.5. The maximum Gasteiger partial charge on any atom is 0.573 e. The van der Waals surface area contributed by atoms with Crippen molar-refractivity contribution in [2.24, 2.45) is 5.92 Å². The van der Waals surface area contributed by atoms with Gasteiger partial charge >= 0.3 is 24.7 Å². The minimum absolute atomic E-state index is 0.0496. The van der Waals surface area contributed by atoms with E-state index in [4.69, 9.17) is 0 Å². The molecule has 3 aromatic carbocycles. The Morgan fingerprint density at radius 2 is 1.33 bits per heavy atom. The van der Waals surface area contributed by atoms with Crippen LogP contribution >= 0.6 is 0 Å². The highest BCUT2D eigenvalue weighted by molar-refractivity contribution is 5.78. The number of rotatable bonds is 9. The Labute approximate surface area is 236 Å². The molecule has 4 rings (SSSR count). The van der Waals surface area contributed by atoms with Crippen molar-refractivity contribution < 1.29 is 50.5 Å². The molecule has 0 spiro atoms. The van der Waals surface area contributed by atoms with Gasteiger partial charge in [0, 0.05) is 12.5 Å². The molecule has 2 unspecified atom stereocenters. The van der Waals surface area contributed by atoms with Crippen LogP contribution < -0.4 is 20.1 Å². The molecule has 0 aromatic heterocycles. The number of aliphatic carboxylic acids is 1. The third kappa shape index (κ3) is 7.86. The van der Waals surface area contributed by atoms with Crippen LogP contribution in [0.1, 0.15) is 36.0 Å². The number of urea groups is 1. The van der Waals surface area contributed by atoms with Crippen LogP contribution in [0.15, 0.2) is 78.9 Å². The number of benzene rings is 3. The van der Waals surface area contributed by atoms with Gasteiger partial charge in [-0.1, -0.05) is 61.0 Å². The van der Waals surface area contributed by atoms with Crippen molar-refractivity contribution in [3.63, 3.8) is 0 Å². The molecule has 0 heterocycles. The topological polar surface area (TPSA) is 96.9 Å². The van der Waals surface area contributed by atoms with Crippen LogP contribution in [0, 0.1) is 5.92 Å². The maximum atomic E-state index is 13.5. The van der Waals surface area contributed by atoms with E-state index in [1.165, 1.54) is 24.3 Å². The number of halogens is 6. The smallest absolute Gasteiger partial charge is 0.481 e. The molecular weight excluding hydrogens is 570 g/mol. The average Bonchev–Trinajstić information content (AvgIpc) is 3.35. The number of alkyl halides is 6. The predicted molar refractivity (Wildman–Crippen MR) is 138 cm³/mol. The van der Waals surface area contributed by atoms with Crippen LogP contribution in [0.25, 0.3) is 0 Å². The summed E-state index contributed by atoms with van der Waals surface area (Å²) >= 11 is 0. The monoisotopic (exact) mass is 596 g/mol. The molecule has 7 nitrogen and oxygen atoms in total. The SMILES string of the molecule is O=C(NC1CCCC1C(=O)O)NC(Cc1ccccc1)(c1cccc(OC(F)(F)F)c1)c1cccc(OC(F)(F)F)c1. The van der Waals surface area contributed by atoms with Crippen molar-refractivity contribution in [2.45, 2.75) is 50.0 Å². The summed E-state index contributed by atoms with van der Waals surface area (Å²) in [6.07, 6.45) is -8.95. The number of carboxylic acid groups (broad SMARTS) is 1. The van der Waals surface area contributed by atoms with E-state index in [1.807, 2.05) is 0 Å². The zero-order valence-electron chi connectivity index (χ0n) is 21.8. The first kappa shape index (κ1) is 30.5. The lowest BCUT2D eigenvalue weighted by Gasteiger charge is -2.37. The van der Waals surface area contributed by atoms with Gasteiger partial charge < -0.3 is 25.2 Å². The first-order valence-corrected chi connectivity index (χ1v) is 12.8. The Morgan fingerprint density at radius 3 is 1.83 bits per heavy atom. The predicted octanol–water partition coefficient (Wildman–Crippen LogP) is 6.52. The molecule has 1 aliphatic rings. The van der Waals surface area contributed by atoms with E-state index in [1.54, 1.807) is 30.3 Å². The molecule has 0 saturated heterocycles. The first-order valence-electron chi connectivity index (χ1n) is 12.8. The molecule has 13 heteroatoms. The summed E-state index contributed by atoms with van der Waals surface area (Å²) in [5.41, 5.74) is -1.10. The molecule has 224 valence electrons. The fraction of sp³-hybridized carbons (Fsp3) is 0.310. The molecule has 0 aliphatic heterocycles. The van der Waals surface area contributed by atoms with Gasteiger partial charge in [0.2, 0.25) is 0 Å². The summed E-state index contributed by atoms with van der Waals surface area (Å²) in [5, 5.41) is 14.9. The fourth-order valence-electron chi connectivity index (χ4n) is 5.21. The van der Waals surface area contributed by atoms with Crippen LogP contribution in [-0.2, 0) is 16.8 Å². The largest absolute Gasteiger partial charge is 0.573 e. The average molecular weight is 597 g/mol. The lowest BCUT2D eigenvalue weighted by atomic mass is 9.77. The number of amides is 2. The molecule has 2 amide bonds. The van der Waals surface area contributed by atoms with Gasteiger partial charge in [0.05, 0.1) is 11.5 Å². The van der Waals surface area contributed by atoms with Gasteiger partial charge in [-0.05, 0) is 53.8 Å². The Bertz CT molecular complexity index is 1340. The summed E-state index contributed by atoms with van der Waals surface area (Å²) in [6, 6.07) is 16.3. The molecule has 42 heavy (non-hydrogen) atoms. The summed E-state index contributed by atoms with van der Waals surface area (Å²) in [6.45, 7) is 0. The summed E-state index contributed by atoms with van der Waals surface area (Å²) < 4.78 is 86.9. The van der Waals surface area contributed by atoms with Crippen LogP contribution in [0.5, 0.6) is 11.5 Å². The van der Waals surface area contributed by atoms with Crippen molar-refractivity contribution in [3.8, 4) is 11.5 Å². The molecule has 3 aromatic rings. The highest BCUT2D eigenvalue weighted by Crippen LogP contribution is 2.38. The van der Waals surface area contributed by atoms with Crippen LogP contribution in [-0.4, -0.2) is 35.9 Å². The third-order valence-electron chi connectivity index (χ3n) is 6.91. The summed E-state index contributed by atoms with van der Waals surface area (Å²) in [4.78, 5) is 25.2. The van der Waals surface area contributed by atoms with Crippen LogP contribution in [0.2, 0.25) is 0 Å². The summed E-state index contributed by atoms with van der Waals surface area (Å²) in [5.74, 6) is -3.19. The minimum Gasteiger partial charge on any atom is -0.481 e. The quantitative estimate of drug-likeness (QED) is 0.245. The van der Waals surface area contributed by atoms with Gasteiger partial charge in [0.25, 0.3) is 0 Å². The number of hydrogen-bond donors (Lipinski definition) is 3. The number of carboxylic acids is 1. The van der Waals surface area contributed by atoms with E-state index in [2.05, 4.69) is 20.1 Å². The number of ether oxygens (including phenoxy) is 2. The van der Waals surface area contributed by atoms with Gasteiger partial charge in [-0.25, -0.2) is 4.79 Å². The number of nitrogens with one attached hydrogen (secondary N) is 2. The van der Waals surface area contributed by atoms with Crippen LogP contribution in [0.4, 0.5) is 31.1 Å². The van der Waals surface area contributed by atoms with Gasteiger partial charge in [-0.2, -0.15) is 0 Å². The van der Waals surface area contributed by atoms with E-state index in [0.717, 1.165) is 24.3 Å². The van der Waals surface area contributed by atoms with E-state index < -0.39 is 53.7 Å². The van der Waals surface area contributed by atoms with Crippen molar-refractivity contribution >= 4 is 12.0 Å². The molecule has 1 aliphatic carbocycles. The normalized spacial score (nSPS) is 17.4. The Morgan fingerprint density at radius 1 is 0.786 bits per heavy atom. The highest BCUT2D eigenvalue weighted by atomic mass is 19.4. The highest BCUT2D eigenvalue weighted by Gasteiger charge is 2.41. The van der Waals surface area contributed by atoms with Crippen LogP contribution in [0.3, 0.4) is 0 Å². The Kier molecular flexibility index (Phi) is 8.88. The second-order valence-corrected chi connectivity index (χ2v) is 9.80. The molecule has 1 saturated carbocycles. The van der Waals surface area contributed by atoms with E-state index in [0.29, 0.717) is 24.8 Å². The molecule has 2 atom stereocenters. The fourth-order valence-corrected chi connectivity index (χ4v) is 5.21. The van der Waals surface area contributed by atoms with E-state index in [9.17, 15) is 41.0 Å². The first-order chi connectivity index (χ1) is 19.7. The molecule has 3 N–H and O–H groups in total. The minimum atomic E-state index is -5.04. The zero-order chi connectivity index (χ0) is 30.5. The van der Waals surface area contributed by atoms with E-state index in [-0.39, 0.29) is 17.5 Å². The van der Waals surface area contributed by atoms with Gasteiger partial charge in [0.15, 0.2) is 0 Å². The van der Waals surface area contributed by atoms with Gasteiger partial charge in [0.1, 0.15) is 11.5 Å². The zero-order valence-corrected chi connectivity index (χ0v) is 21.8. The molecule has 0 radical (unpaired) electrons. The standard InChI is InChI=1S/C29H26F6N2O5/c30-28(31,32)41-21-11-4-9-19(15-21)27(17-18-7-2-1-3-8-18,20-10-5-12-22(16-20)42-29(33,34)35)37-26(40)36-24-14-6-13-23(24)25(38)39/h1-5,7-12,15-16,23-24H,6,13-14,17H2,(H,38,39)(H2,36,37,40). The van der Waals surface area contributed by atoms with Crippen molar-refractivity contribution in [1.29, 1.82) is 0 Å². The lowest BCUT2D eigenvalue weighted by molar-refractivity contribution is -0.275. The second-order valence-electron chi connectivity index (χ2n) is 9.80. The lowest BCUT2D eigenvalue weighted by Crippen LogP contribution is -2.55.